The lowest BCUT2D eigenvalue weighted by atomic mass is 9.98. The Bertz CT molecular complexity index is 1030. The molecular formula is C21H15NO2. The van der Waals surface area contributed by atoms with Gasteiger partial charge in [-0.2, -0.15) is 0 Å². The maximum Gasteiger partial charge on any atom is 0.228 e. The molecule has 24 heavy (non-hydrogen) atoms. The summed E-state index contributed by atoms with van der Waals surface area (Å²) in [5.74, 6) is 0.431. The van der Waals surface area contributed by atoms with E-state index in [-0.39, 0.29) is 5.78 Å². The van der Waals surface area contributed by atoms with Gasteiger partial charge in [0.05, 0.1) is 0 Å². The molecule has 3 aromatic carbocycles. The minimum Gasteiger partial charge on any atom is -0.436 e. The Labute approximate surface area is 139 Å². The predicted molar refractivity (Wildman–Crippen MR) is 94.1 cm³/mol. The summed E-state index contributed by atoms with van der Waals surface area (Å²) in [5.41, 5.74) is 4.59. The molecule has 0 aliphatic rings. The fraction of sp³-hybridized carbons (Fsp3) is 0.0476. The number of fused-ring (bicyclic) bond motifs is 1. The second-order valence-corrected chi connectivity index (χ2v) is 5.73. The minimum atomic E-state index is -0.0374. The highest BCUT2D eigenvalue weighted by Crippen LogP contribution is 2.28. The van der Waals surface area contributed by atoms with Gasteiger partial charge in [-0.3, -0.25) is 4.79 Å². The van der Waals surface area contributed by atoms with Crippen LogP contribution in [-0.2, 0) is 0 Å². The zero-order valence-corrected chi connectivity index (χ0v) is 13.2. The first kappa shape index (κ1) is 14.4. The quantitative estimate of drug-likeness (QED) is 0.498. The van der Waals surface area contributed by atoms with Gasteiger partial charge in [0.2, 0.25) is 5.89 Å². The molecule has 3 heteroatoms. The topological polar surface area (TPSA) is 43.1 Å². The van der Waals surface area contributed by atoms with Crippen molar-refractivity contribution in [3.8, 4) is 11.5 Å². The summed E-state index contributed by atoms with van der Waals surface area (Å²) in [6, 6.07) is 22.5. The zero-order valence-electron chi connectivity index (χ0n) is 13.2. The first-order valence-electron chi connectivity index (χ1n) is 7.79. The number of hydrogen-bond acceptors (Lipinski definition) is 3. The Hall–Kier alpha value is -3.20. The van der Waals surface area contributed by atoms with Crippen LogP contribution in [0.2, 0.25) is 0 Å². The van der Waals surface area contributed by atoms with Crippen LogP contribution >= 0.6 is 0 Å². The van der Waals surface area contributed by atoms with Crippen molar-refractivity contribution in [1.82, 2.24) is 4.98 Å². The Balaban J connectivity index is 1.85. The highest BCUT2D eigenvalue weighted by Gasteiger charge is 2.18. The normalized spacial score (nSPS) is 10.9. The van der Waals surface area contributed by atoms with E-state index in [4.69, 9.17) is 4.42 Å². The van der Waals surface area contributed by atoms with Crippen LogP contribution in [0.25, 0.3) is 22.6 Å². The molecule has 0 saturated carbocycles. The van der Waals surface area contributed by atoms with Crippen LogP contribution in [0.1, 0.15) is 21.5 Å². The number of aryl methyl sites for hydroxylation is 1. The molecule has 0 aliphatic heterocycles. The van der Waals surface area contributed by atoms with Crippen molar-refractivity contribution in [2.24, 2.45) is 0 Å². The third-order valence-corrected chi connectivity index (χ3v) is 3.98. The van der Waals surface area contributed by atoms with Gasteiger partial charge < -0.3 is 4.42 Å². The largest absolute Gasteiger partial charge is 0.436 e. The Kier molecular flexibility index (Phi) is 3.47. The van der Waals surface area contributed by atoms with Gasteiger partial charge in [-0.25, -0.2) is 4.98 Å². The molecule has 1 heterocycles. The lowest BCUT2D eigenvalue weighted by molar-refractivity contribution is 0.103. The fourth-order valence-corrected chi connectivity index (χ4v) is 2.77. The van der Waals surface area contributed by atoms with Crippen LogP contribution in [0.4, 0.5) is 0 Å². The van der Waals surface area contributed by atoms with Crippen LogP contribution in [0.3, 0.4) is 0 Å². The molecule has 0 unspecified atom stereocenters. The maximum absolute atomic E-state index is 12.8. The lowest BCUT2D eigenvalue weighted by Crippen LogP contribution is -2.03. The molecule has 3 nitrogen and oxygen atoms in total. The van der Waals surface area contributed by atoms with Gasteiger partial charge in [-0.15, -0.1) is 0 Å². The van der Waals surface area contributed by atoms with Gasteiger partial charge in [-0.1, -0.05) is 54.6 Å². The summed E-state index contributed by atoms with van der Waals surface area (Å²) >= 11 is 0. The Morgan fingerprint density at radius 1 is 0.917 bits per heavy atom. The van der Waals surface area contributed by atoms with Gasteiger partial charge in [-0.05, 0) is 30.7 Å². The van der Waals surface area contributed by atoms with E-state index >= 15 is 0 Å². The van der Waals surface area contributed by atoms with Crippen molar-refractivity contribution >= 4 is 16.9 Å². The van der Waals surface area contributed by atoms with Crippen LogP contribution in [0.5, 0.6) is 0 Å². The highest BCUT2D eigenvalue weighted by molar-refractivity contribution is 6.12. The van der Waals surface area contributed by atoms with E-state index < -0.39 is 0 Å². The molecule has 0 N–H and O–H groups in total. The first-order valence-corrected chi connectivity index (χ1v) is 7.79. The van der Waals surface area contributed by atoms with E-state index in [9.17, 15) is 4.79 Å². The third-order valence-electron chi connectivity index (χ3n) is 3.98. The minimum absolute atomic E-state index is 0.0374. The first-order chi connectivity index (χ1) is 11.7. The second-order valence-electron chi connectivity index (χ2n) is 5.73. The zero-order chi connectivity index (χ0) is 16.5. The number of nitrogens with zero attached hydrogens (tertiary/aromatic N) is 1. The van der Waals surface area contributed by atoms with Crippen molar-refractivity contribution < 1.29 is 9.21 Å². The molecule has 1 aromatic heterocycles. The summed E-state index contributed by atoms with van der Waals surface area (Å²) < 4.78 is 5.87. The second kappa shape index (κ2) is 5.78. The molecule has 0 atom stereocenters. The molecule has 0 aliphatic carbocycles. The summed E-state index contributed by atoms with van der Waals surface area (Å²) in [6.07, 6.45) is 0. The van der Waals surface area contributed by atoms with E-state index in [2.05, 4.69) is 4.98 Å². The van der Waals surface area contributed by atoms with Crippen LogP contribution < -0.4 is 0 Å². The van der Waals surface area contributed by atoms with Gasteiger partial charge in [0, 0.05) is 16.7 Å². The Morgan fingerprint density at radius 3 is 2.50 bits per heavy atom. The van der Waals surface area contributed by atoms with E-state index in [0.29, 0.717) is 22.6 Å². The van der Waals surface area contributed by atoms with E-state index in [1.165, 1.54) is 0 Å². The average molecular weight is 313 g/mol. The van der Waals surface area contributed by atoms with Crippen LogP contribution in [0, 0.1) is 6.92 Å². The molecule has 4 aromatic rings. The number of oxazole rings is 1. The van der Waals surface area contributed by atoms with Gasteiger partial charge in [0.15, 0.2) is 11.4 Å². The SMILES string of the molecule is Cc1ccc2oc(-c3ccccc3C(=O)c3ccccc3)nc2c1. The molecule has 0 radical (unpaired) electrons. The summed E-state index contributed by atoms with van der Waals surface area (Å²) in [7, 11) is 0. The summed E-state index contributed by atoms with van der Waals surface area (Å²) in [5, 5.41) is 0. The van der Waals surface area contributed by atoms with E-state index in [0.717, 1.165) is 16.7 Å². The summed E-state index contributed by atoms with van der Waals surface area (Å²) in [4.78, 5) is 17.4. The number of hydrogen-bond donors (Lipinski definition) is 0. The van der Waals surface area contributed by atoms with E-state index in [1.54, 1.807) is 0 Å². The third kappa shape index (κ3) is 2.50. The molecule has 0 bridgehead atoms. The smallest absolute Gasteiger partial charge is 0.228 e. The van der Waals surface area contributed by atoms with Crippen molar-refractivity contribution in [2.75, 3.05) is 0 Å². The summed E-state index contributed by atoms with van der Waals surface area (Å²) in [6.45, 7) is 2.01. The molecule has 0 saturated heterocycles. The predicted octanol–water partition coefficient (Wildman–Crippen LogP) is 5.03. The molecule has 4 rings (SSSR count). The van der Waals surface area contributed by atoms with Crippen molar-refractivity contribution in [2.45, 2.75) is 6.92 Å². The lowest BCUT2D eigenvalue weighted by Gasteiger charge is -2.05. The maximum atomic E-state index is 12.8. The highest BCUT2D eigenvalue weighted by atomic mass is 16.3. The monoisotopic (exact) mass is 313 g/mol. The number of rotatable bonds is 3. The van der Waals surface area contributed by atoms with Crippen molar-refractivity contribution in [3.63, 3.8) is 0 Å². The number of aromatic nitrogens is 1. The van der Waals surface area contributed by atoms with Gasteiger partial charge >= 0.3 is 0 Å². The molecule has 0 spiro atoms. The number of benzene rings is 3. The van der Waals surface area contributed by atoms with Crippen molar-refractivity contribution in [3.05, 3.63) is 89.5 Å². The van der Waals surface area contributed by atoms with Gasteiger partial charge in [0.25, 0.3) is 0 Å². The number of carbonyl (C=O) groups excluding carboxylic acids is 1. The van der Waals surface area contributed by atoms with Crippen molar-refractivity contribution in [1.29, 1.82) is 0 Å². The molecule has 0 fully saturated rings. The number of carbonyl (C=O) groups is 1. The molecule has 116 valence electrons. The Morgan fingerprint density at radius 2 is 1.67 bits per heavy atom. The van der Waals surface area contributed by atoms with Gasteiger partial charge in [0.1, 0.15) is 5.52 Å². The number of ketones is 1. The van der Waals surface area contributed by atoms with Crippen LogP contribution in [-0.4, -0.2) is 10.8 Å². The molecular weight excluding hydrogens is 298 g/mol. The standard InChI is InChI=1S/C21H15NO2/c1-14-11-12-19-18(13-14)22-21(24-19)17-10-6-5-9-16(17)20(23)15-7-3-2-4-8-15/h2-13H,1H3. The molecule has 0 amide bonds. The fourth-order valence-electron chi connectivity index (χ4n) is 2.77. The average Bonchev–Trinajstić information content (AvgIpc) is 3.05. The van der Waals surface area contributed by atoms with Crippen LogP contribution in [0.15, 0.2) is 77.2 Å². The van der Waals surface area contributed by atoms with E-state index in [1.807, 2.05) is 79.7 Å².